The van der Waals surface area contributed by atoms with Gasteiger partial charge < -0.3 is 10.5 Å². The van der Waals surface area contributed by atoms with Crippen LogP contribution < -0.4 is 5.73 Å². The maximum atomic E-state index is 11.4. The number of aryl methyl sites for hydroxylation is 1. The SMILES string of the molecule is NC(=O)C1c2ccccc2CCC1OC=O. The highest BCUT2D eigenvalue weighted by Crippen LogP contribution is 2.33. The molecule has 1 aliphatic rings. The fraction of sp³-hybridized carbons (Fsp3) is 0.333. The molecule has 1 aromatic carbocycles. The molecule has 0 aliphatic heterocycles. The number of benzene rings is 1. The number of nitrogens with two attached hydrogens (primary N) is 1. The highest BCUT2D eigenvalue weighted by molar-refractivity contribution is 5.83. The molecule has 0 saturated carbocycles. The summed E-state index contributed by atoms with van der Waals surface area (Å²) in [7, 11) is 0. The molecule has 1 aromatic rings. The average molecular weight is 219 g/mol. The molecule has 0 fully saturated rings. The third-order valence-electron chi connectivity index (χ3n) is 3.00. The van der Waals surface area contributed by atoms with Gasteiger partial charge in [-0.2, -0.15) is 0 Å². The van der Waals surface area contributed by atoms with Gasteiger partial charge in [-0.3, -0.25) is 9.59 Å². The second kappa shape index (κ2) is 4.35. The van der Waals surface area contributed by atoms with Gasteiger partial charge in [0, 0.05) is 0 Å². The molecule has 16 heavy (non-hydrogen) atoms. The average Bonchev–Trinajstić information content (AvgIpc) is 2.28. The van der Waals surface area contributed by atoms with E-state index in [4.69, 9.17) is 10.5 Å². The van der Waals surface area contributed by atoms with Gasteiger partial charge in [-0.15, -0.1) is 0 Å². The summed E-state index contributed by atoms with van der Waals surface area (Å²) >= 11 is 0. The van der Waals surface area contributed by atoms with E-state index in [0.717, 1.165) is 17.5 Å². The van der Waals surface area contributed by atoms with E-state index < -0.39 is 17.9 Å². The van der Waals surface area contributed by atoms with E-state index >= 15 is 0 Å². The summed E-state index contributed by atoms with van der Waals surface area (Å²) in [5.74, 6) is -0.964. The van der Waals surface area contributed by atoms with Gasteiger partial charge in [-0.1, -0.05) is 24.3 Å². The lowest BCUT2D eigenvalue weighted by Gasteiger charge is -2.29. The Morgan fingerprint density at radius 2 is 2.19 bits per heavy atom. The van der Waals surface area contributed by atoms with E-state index in [-0.39, 0.29) is 0 Å². The Labute approximate surface area is 93.4 Å². The van der Waals surface area contributed by atoms with Crippen LogP contribution >= 0.6 is 0 Å². The molecule has 1 amide bonds. The van der Waals surface area contributed by atoms with Crippen LogP contribution in [0.15, 0.2) is 24.3 Å². The number of carbonyl (C=O) groups excluding carboxylic acids is 2. The predicted octanol–water partition coefficient (Wildman–Crippen LogP) is 0.743. The molecule has 1 aliphatic carbocycles. The van der Waals surface area contributed by atoms with E-state index in [1.54, 1.807) is 0 Å². The highest BCUT2D eigenvalue weighted by atomic mass is 16.5. The summed E-state index contributed by atoms with van der Waals surface area (Å²) < 4.78 is 4.93. The first-order chi connectivity index (χ1) is 7.74. The monoisotopic (exact) mass is 219 g/mol. The van der Waals surface area contributed by atoms with Crippen LogP contribution in [0.2, 0.25) is 0 Å². The molecule has 2 atom stereocenters. The molecular weight excluding hydrogens is 206 g/mol. The second-order valence-electron chi connectivity index (χ2n) is 3.89. The standard InChI is InChI=1S/C12H13NO3/c13-12(15)11-9-4-2-1-3-8(9)5-6-10(11)16-7-14/h1-4,7,10-11H,5-6H2,(H2,13,15). The van der Waals surface area contributed by atoms with Gasteiger partial charge in [0.2, 0.25) is 5.91 Å². The van der Waals surface area contributed by atoms with Crippen molar-refractivity contribution in [2.75, 3.05) is 0 Å². The molecule has 0 saturated heterocycles. The van der Waals surface area contributed by atoms with Crippen LogP contribution in [-0.4, -0.2) is 18.5 Å². The van der Waals surface area contributed by atoms with Crippen molar-refractivity contribution in [1.29, 1.82) is 0 Å². The van der Waals surface area contributed by atoms with Crippen LogP contribution in [0.1, 0.15) is 23.5 Å². The van der Waals surface area contributed by atoms with E-state index in [9.17, 15) is 9.59 Å². The Hall–Kier alpha value is -1.84. The predicted molar refractivity (Wildman–Crippen MR) is 57.6 cm³/mol. The van der Waals surface area contributed by atoms with Crippen molar-refractivity contribution in [2.45, 2.75) is 24.9 Å². The van der Waals surface area contributed by atoms with Crippen LogP contribution in [0.4, 0.5) is 0 Å². The lowest BCUT2D eigenvalue weighted by Crippen LogP contribution is -2.36. The zero-order valence-corrected chi connectivity index (χ0v) is 8.76. The summed E-state index contributed by atoms with van der Waals surface area (Å²) in [6.45, 7) is 0.383. The number of hydrogen-bond donors (Lipinski definition) is 1. The first-order valence-corrected chi connectivity index (χ1v) is 5.20. The van der Waals surface area contributed by atoms with Crippen molar-refractivity contribution < 1.29 is 14.3 Å². The molecule has 0 radical (unpaired) electrons. The summed E-state index contributed by atoms with van der Waals surface area (Å²) in [5, 5.41) is 0. The first-order valence-electron chi connectivity index (χ1n) is 5.20. The van der Waals surface area contributed by atoms with Crippen LogP contribution in [0.5, 0.6) is 0 Å². The number of ether oxygens (including phenoxy) is 1. The molecule has 2 N–H and O–H groups in total. The number of hydrogen-bond acceptors (Lipinski definition) is 3. The van der Waals surface area contributed by atoms with Crippen LogP contribution in [-0.2, 0) is 20.7 Å². The van der Waals surface area contributed by atoms with E-state index in [0.29, 0.717) is 12.9 Å². The third-order valence-corrected chi connectivity index (χ3v) is 3.00. The van der Waals surface area contributed by atoms with Crippen molar-refractivity contribution >= 4 is 12.4 Å². The third kappa shape index (κ3) is 1.78. The van der Waals surface area contributed by atoms with Gasteiger partial charge in [-0.05, 0) is 24.0 Å². The summed E-state index contributed by atoms with van der Waals surface area (Å²) in [6, 6.07) is 7.63. The smallest absolute Gasteiger partial charge is 0.293 e. The minimum atomic E-state index is -0.518. The number of carbonyl (C=O) groups is 2. The van der Waals surface area contributed by atoms with Crippen molar-refractivity contribution in [3.63, 3.8) is 0 Å². The highest BCUT2D eigenvalue weighted by Gasteiger charge is 2.34. The zero-order chi connectivity index (χ0) is 11.5. The van der Waals surface area contributed by atoms with Gasteiger partial charge in [0.25, 0.3) is 6.47 Å². The van der Waals surface area contributed by atoms with Crippen LogP contribution in [0.3, 0.4) is 0 Å². The van der Waals surface area contributed by atoms with Gasteiger partial charge in [0.15, 0.2) is 0 Å². The fourth-order valence-electron chi connectivity index (χ4n) is 2.28. The van der Waals surface area contributed by atoms with E-state index in [1.165, 1.54) is 0 Å². The fourth-order valence-corrected chi connectivity index (χ4v) is 2.28. The Bertz CT molecular complexity index is 416. The molecule has 0 bridgehead atoms. The maximum Gasteiger partial charge on any atom is 0.293 e. The Balaban J connectivity index is 2.39. The number of rotatable bonds is 3. The van der Waals surface area contributed by atoms with Crippen LogP contribution in [0, 0.1) is 0 Å². The Kier molecular flexibility index (Phi) is 2.90. The number of amides is 1. The van der Waals surface area contributed by atoms with E-state index in [2.05, 4.69) is 0 Å². The van der Waals surface area contributed by atoms with Gasteiger partial charge in [0.05, 0.1) is 5.92 Å². The minimum absolute atomic E-state index is 0.383. The maximum absolute atomic E-state index is 11.4. The molecule has 2 unspecified atom stereocenters. The van der Waals surface area contributed by atoms with Crippen LogP contribution in [0.25, 0.3) is 0 Å². The van der Waals surface area contributed by atoms with Crippen molar-refractivity contribution in [2.24, 2.45) is 5.73 Å². The largest absolute Gasteiger partial charge is 0.463 e. The molecule has 2 rings (SSSR count). The van der Waals surface area contributed by atoms with Gasteiger partial charge >= 0.3 is 0 Å². The van der Waals surface area contributed by atoms with Crippen molar-refractivity contribution in [3.05, 3.63) is 35.4 Å². The zero-order valence-electron chi connectivity index (χ0n) is 8.76. The molecule has 0 aromatic heterocycles. The lowest BCUT2D eigenvalue weighted by molar-refractivity contribution is -0.138. The summed E-state index contributed by atoms with van der Waals surface area (Å²) in [6.07, 6.45) is 1.02. The summed E-state index contributed by atoms with van der Waals surface area (Å²) in [4.78, 5) is 21.8. The summed E-state index contributed by atoms with van der Waals surface area (Å²) in [5.41, 5.74) is 7.36. The van der Waals surface area contributed by atoms with Gasteiger partial charge in [-0.25, -0.2) is 0 Å². The first kappa shape index (κ1) is 10.7. The molecule has 84 valence electrons. The molecule has 4 heteroatoms. The Morgan fingerprint density at radius 1 is 1.44 bits per heavy atom. The molecular formula is C12H13NO3. The molecule has 4 nitrogen and oxygen atoms in total. The topological polar surface area (TPSA) is 69.4 Å². The number of fused-ring (bicyclic) bond motifs is 1. The normalized spacial score (nSPS) is 23.2. The minimum Gasteiger partial charge on any atom is -0.463 e. The lowest BCUT2D eigenvalue weighted by atomic mass is 9.80. The second-order valence-corrected chi connectivity index (χ2v) is 3.89. The molecule has 0 heterocycles. The Morgan fingerprint density at radius 3 is 2.88 bits per heavy atom. The van der Waals surface area contributed by atoms with Crippen molar-refractivity contribution in [1.82, 2.24) is 0 Å². The van der Waals surface area contributed by atoms with E-state index in [1.807, 2.05) is 24.3 Å². The number of primary amides is 1. The molecule has 0 spiro atoms. The van der Waals surface area contributed by atoms with Gasteiger partial charge in [0.1, 0.15) is 6.10 Å². The van der Waals surface area contributed by atoms with Crippen molar-refractivity contribution in [3.8, 4) is 0 Å². The quantitative estimate of drug-likeness (QED) is 0.762.